The molecule has 1 aromatic rings. The Morgan fingerprint density at radius 1 is 0.971 bits per heavy atom. The molecule has 35 heavy (non-hydrogen) atoms. The van der Waals surface area contributed by atoms with Crippen LogP contribution in [0.4, 0.5) is 0 Å². The SMILES string of the molecule is CCC(C)C(NC(=O)C(N)Cc1ccccc1)C(=O)NC(CS)C(=O)NC(CCC(N)=O)C(=O)O. The molecular weight excluding hydrogens is 474 g/mol. The van der Waals surface area contributed by atoms with Crippen LogP contribution in [0.5, 0.6) is 0 Å². The van der Waals surface area contributed by atoms with Gasteiger partial charge in [0.15, 0.2) is 0 Å². The number of carbonyl (C=O) groups excluding carboxylic acids is 4. The van der Waals surface area contributed by atoms with Crippen LogP contribution in [0.1, 0.15) is 38.7 Å². The number of hydrogen-bond acceptors (Lipinski definition) is 7. The van der Waals surface area contributed by atoms with Gasteiger partial charge in [-0.3, -0.25) is 19.2 Å². The van der Waals surface area contributed by atoms with E-state index < -0.39 is 53.8 Å². The molecule has 0 fully saturated rings. The number of carbonyl (C=O) groups is 5. The summed E-state index contributed by atoms with van der Waals surface area (Å²) < 4.78 is 0. The van der Waals surface area contributed by atoms with Crippen molar-refractivity contribution in [2.75, 3.05) is 5.75 Å². The zero-order valence-corrected chi connectivity index (χ0v) is 20.8. The molecule has 0 saturated carbocycles. The average molecular weight is 510 g/mol. The predicted molar refractivity (Wildman–Crippen MR) is 133 cm³/mol. The second kappa shape index (κ2) is 15.0. The molecule has 5 atom stereocenters. The Balaban J connectivity index is 2.85. The van der Waals surface area contributed by atoms with Crippen molar-refractivity contribution in [1.82, 2.24) is 16.0 Å². The van der Waals surface area contributed by atoms with Crippen molar-refractivity contribution < 1.29 is 29.1 Å². The lowest BCUT2D eigenvalue weighted by Gasteiger charge is -2.27. The van der Waals surface area contributed by atoms with Gasteiger partial charge in [0.25, 0.3) is 0 Å². The van der Waals surface area contributed by atoms with Gasteiger partial charge in [0, 0.05) is 12.2 Å². The molecule has 194 valence electrons. The Morgan fingerprint density at radius 2 is 1.57 bits per heavy atom. The summed E-state index contributed by atoms with van der Waals surface area (Å²) in [5, 5.41) is 16.8. The van der Waals surface area contributed by atoms with Crippen molar-refractivity contribution >= 4 is 42.2 Å². The molecule has 11 nitrogen and oxygen atoms in total. The van der Waals surface area contributed by atoms with Crippen molar-refractivity contribution in [2.24, 2.45) is 17.4 Å². The number of amides is 4. The maximum absolute atomic E-state index is 13.0. The maximum atomic E-state index is 13.0. The van der Waals surface area contributed by atoms with Gasteiger partial charge in [-0.05, 0) is 24.3 Å². The second-order valence-electron chi connectivity index (χ2n) is 8.32. The first-order chi connectivity index (χ1) is 16.5. The third-order valence-corrected chi connectivity index (χ3v) is 5.90. The van der Waals surface area contributed by atoms with E-state index in [2.05, 4.69) is 28.6 Å². The lowest BCUT2D eigenvalue weighted by atomic mass is 9.97. The number of thiol groups is 1. The highest BCUT2D eigenvalue weighted by molar-refractivity contribution is 7.80. The van der Waals surface area contributed by atoms with Crippen molar-refractivity contribution in [3.8, 4) is 0 Å². The summed E-state index contributed by atoms with van der Waals surface area (Å²) in [5.74, 6) is -4.40. The van der Waals surface area contributed by atoms with Crippen LogP contribution in [-0.2, 0) is 30.4 Å². The van der Waals surface area contributed by atoms with Crippen LogP contribution in [0, 0.1) is 5.92 Å². The van der Waals surface area contributed by atoms with E-state index in [1.54, 1.807) is 6.92 Å². The van der Waals surface area contributed by atoms with Crippen LogP contribution in [0.15, 0.2) is 30.3 Å². The molecule has 0 radical (unpaired) electrons. The Bertz CT molecular complexity index is 884. The van der Waals surface area contributed by atoms with Crippen molar-refractivity contribution in [2.45, 2.75) is 63.7 Å². The van der Waals surface area contributed by atoms with E-state index in [1.807, 2.05) is 37.3 Å². The van der Waals surface area contributed by atoms with E-state index in [-0.39, 0.29) is 30.9 Å². The smallest absolute Gasteiger partial charge is 0.326 e. The topological polar surface area (TPSA) is 194 Å². The van der Waals surface area contributed by atoms with Crippen LogP contribution in [0.25, 0.3) is 0 Å². The van der Waals surface area contributed by atoms with Gasteiger partial charge >= 0.3 is 5.97 Å². The number of aliphatic carboxylic acids is 1. The fraction of sp³-hybridized carbons (Fsp3) is 0.522. The number of nitrogens with one attached hydrogen (secondary N) is 3. The lowest BCUT2D eigenvalue weighted by Crippen LogP contribution is -2.59. The molecule has 0 heterocycles. The molecule has 8 N–H and O–H groups in total. The molecule has 0 saturated heterocycles. The number of hydrogen-bond donors (Lipinski definition) is 7. The summed E-state index contributed by atoms with van der Waals surface area (Å²) >= 11 is 4.09. The minimum atomic E-state index is -1.37. The van der Waals surface area contributed by atoms with E-state index >= 15 is 0 Å². The highest BCUT2D eigenvalue weighted by Crippen LogP contribution is 2.10. The standard InChI is InChI=1S/C23H35N5O6S/c1-3-13(2)19(28-20(30)15(24)11-14-7-5-4-6-8-14)22(32)27-17(12-35)21(31)26-16(23(33)34)9-10-18(25)29/h4-8,13,15-17,19,35H,3,9-12,24H2,1-2H3,(H2,25,29)(H,26,31)(H,27,32)(H,28,30)(H,33,34). The van der Waals surface area contributed by atoms with Crippen molar-refractivity contribution in [1.29, 1.82) is 0 Å². The molecule has 0 aliphatic heterocycles. The highest BCUT2D eigenvalue weighted by Gasteiger charge is 2.32. The first-order valence-electron chi connectivity index (χ1n) is 11.3. The van der Waals surface area contributed by atoms with Crippen molar-refractivity contribution in [3.63, 3.8) is 0 Å². The number of carboxylic acids is 1. The third-order valence-electron chi connectivity index (χ3n) is 5.54. The monoisotopic (exact) mass is 509 g/mol. The largest absolute Gasteiger partial charge is 0.480 e. The maximum Gasteiger partial charge on any atom is 0.326 e. The fourth-order valence-electron chi connectivity index (χ4n) is 3.19. The summed E-state index contributed by atoms with van der Waals surface area (Å²) in [6.07, 6.45) is 0.401. The van der Waals surface area contributed by atoms with Crippen LogP contribution in [0.2, 0.25) is 0 Å². The number of nitrogens with two attached hydrogens (primary N) is 2. The number of carboxylic acid groups (broad SMARTS) is 1. The minimum absolute atomic E-state index is 0.131. The van der Waals surface area contributed by atoms with E-state index in [0.29, 0.717) is 6.42 Å². The van der Waals surface area contributed by atoms with Gasteiger partial charge in [-0.1, -0.05) is 50.6 Å². The normalized spacial score (nSPS) is 15.1. The van der Waals surface area contributed by atoms with Gasteiger partial charge in [-0.15, -0.1) is 0 Å². The minimum Gasteiger partial charge on any atom is -0.480 e. The van der Waals surface area contributed by atoms with Crippen molar-refractivity contribution in [3.05, 3.63) is 35.9 Å². The van der Waals surface area contributed by atoms with Crippen LogP contribution in [-0.4, -0.2) is 64.6 Å². The van der Waals surface area contributed by atoms with Gasteiger partial charge in [0.1, 0.15) is 18.1 Å². The first kappa shape index (κ1) is 29.9. The number of primary amides is 1. The molecule has 4 amide bonds. The van der Waals surface area contributed by atoms with E-state index in [0.717, 1.165) is 5.56 Å². The van der Waals surface area contributed by atoms with Gasteiger partial charge in [0.05, 0.1) is 6.04 Å². The summed E-state index contributed by atoms with van der Waals surface area (Å²) in [7, 11) is 0. The molecule has 0 aliphatic carbocycles. The van der Waals surface area contributed by atoms with Crippen LogP contribution < -0.4 is 27.4 Å². The Kier molecular flexibility index (Phi) is 12.8. The van der Waals surface area contributed by atoms with Gasteiger partial charge in [-0.25, -0.2) is 4.79 Å². The third kappa shape index (κ3) is 10.4. The summed E-state index contributed by atoms with van der Waals surface area (Å²) in [6.45, 7) is 3.62. The molecule has 1 aromatic carbocycles. The lowest BCUT2D eigenvalue weighted by molar-refractivity contribution is -0.142. The van der Waals surface area contributed by atoms with E-state index in [4.69, 9.17) is 11.5 Å². The van der Waals surface area contributed by atoms with Crippen LogP contribution in [0.3, 0.4) is 0 Å². The van der Waals surface area contributed by atoms with Gasteiger partial charge < -0.3 is 32.5 Å². The molecule has 5 unspecified atom stereocenters. The second-order valence-corrected chi connectivity index (χ2v) is 8.68. The molecule has 1 rings (SSSR count). The fourth-order valence-corrected chi connectivity index (χ4v) is 3.45. The number of benzene rings is 1. The highest BCUT2D eigenvalue weighted by atomic mass is 32.1. The Morgan fingerprint density at radius 3 is 2.09 bits per heavy atom. The quantitative estimate of drug-likeness (QED) is 0.152. The summed E-state index contributed by atoms with van der Waals surface area (Å²) in [4.78, 5) is 60.7. The summed E-state index contributed by atoms with van der Waals surface area (Å²) in [6, 6.07) is 4.80. The zero-order chi connectivity index (χ0) is 26.5. The van der Waals surface area contributed by atoms with Gasteiger partial charge in [-0.2, -0.15) is 12.6 Å². The Labute approximate surface area is 210 Å². The van der Waals surface area contributed by atoms with Gasteiger partial charge in [0.2, 0.25) is 23.6 Å². The molecule has 0 aromatic heterocycles. The molecule has 12 heteroatoms. The average Bonchev–Trinajstić information content (AvgIpc) is 2.82. The summed E-state index contributed by atoms with van der Waals surface area (Å²) in [5.41, 5.74) is 12.0. The number of rotatable bonds is 15. The molecule has 0 aliphatic rings. The Hall–Kier alpha value is -3.12. The zero-order valence-electron chi connectivity index (χ0n) is 19.9. The first-order valence-corrected chi connectivity index (χ1v) is 12.0. The predicted octanol–water partition coefficient (Wildman–Crippen LogP) is -0.663. The van der Waals surface area contributed by atoms with Crippen LogP contribution >= 0.6 is 12.6 Å². The van der Waals surface area contributed by atoms with E-state index in [1.165, 1.54) is 0 Å². The van der Waals surface area contributed by atoms with E-state index in [9.17, 15) is 29.1 Å². The molecule has 0 bridgehead atoms. The molecular formula is C23H35N5O6S. The molecule has 0 spiro atoms.